The minimum absolute atomic E-state index is 0.194. The Morgan fingerprint density at radius 3 is 1.83 bits per heavy atom. The summed E-state index contributed by atoms with van der Waals surface area (Å²) in [4.78, 5) is 73.1. The maximum absolute atomic E-state index is 14.1. The summed E-state index contributed by atoms with van der Waals surface area (Å²) in [5, 5.41) is 10.7. The van der Waals surface area contributed by atoms with Gasteiger partial charge in [-0.05, 0) is 68.0 Å². The van der Waals surface area contributed by atoms with E-state index in [0.29, 0.717) is 55.5 Å². The molecule has 334 valence electrons. The quantitative estimate of drug-likeness (QED) is 0.0728. The molecular weight excluding hydrogens is 825 g/mol. The van der Waals surface area contributed by atoms with E-state index < -0.39 is 24.1 Å². The van der Waals surface area contributed by atoms with Gasteiger partial charge in [0.05, 0.1) is 35.9 Å². The van der Waals surface area contributed by atoms with Gasteiger partial charge in [-0.15, -0.1) is 0 Å². The highest BCUT2D eigenvalue weighted by atomic mass is 16.5. The Morgan fingerprint density at radius 1 is 0.754 bits per heavy atom. The number of nitrogens with zero attached hydrogens (tertiary/aromatic N) is 4. The predicted octanol–water partition coefficient (Wildman–Crippen LogP) is 6.90. The lowest BCUT2D eigenvalue weighted by Gasteiger charge is -2.30. The molecule has 0 bridgehead atoms. The summed E-state index contributed by atoms with van der Waals surface area (Å²) < 4.78 is 12.9. The van der Waals surface area contributed by atoms with Crippen molar-refractivity contribution in [2.45, 2.75) is 70.0 Å². The smallest absolute Gasteiger partial charge is 0.315 e. The van der Waals surface area contributed by atoms with Gasteiger partial charge in [-0.2, -0.15) is 0 Å². The van der Waals surface area contributed by atoms with Crippen LogP contribution < -0.4 is 30.7 Å². The van der Waals surface area contributed by atoms with E-state index in [9.17, 15) is 19.2 Å². The molecule has 0 saturated carbocycles. The summed E-state index contributed by atoms with van der Waals surface area (Å²) in [6, 6.07) is 14.2. The molecule has 9 rings (SSSR count). The number of benzene rings is 3. The van der Waals surface area contributed by atoms with Gasteiger partial charge in [-0.1, -0.05) is 61.2 Å². The van der Waals surface area contributed by atoms with Gasteiger partial charge in [0.15, 0.2) is 0 Å². The molecule has 0 spiro atoms. The van der Waals surface area contributed by atoms with E-state index in [4.69, 9.17) is 19.4 Å². The Labute approximate surface area is 376 Å². The second-order valence-electron chi connectivity index (χ2n) is 16.5. The zero-order valence-corrected chi connectivity index (χ0v) is 36.6. The van der Waals surface area contributed by atoms with Gasteiger partial charge in [-0.3, -0.25) is 9.59 Å². The number of hydrogen-bond acceptors (Lipinski definition) is 8. The van der Waals surface area contributed by atoms with Gasteiger partial charge in [0.25, 0.3) is 0 Å². The van der Waals surface area contributed by atoms with Gasteiger partial charge < -0.3 is 50.5 Å². The van der Waals surface area contributed by atoms with Crippen LogP contribution in [0, 0.1) is 0 Å². The van der Waals surface area contributed by atoms with Crippen LogP contribution in [-0.4, -0.2) is 86.8 Å². The number of carbonyl (C=O) groups is 4. The van der Waals surface area contributed by atoms with Crippen LogP contribution in [0.15, 0.2) is 103 Å². The fourth-order valence-corrected chi connectivity index (χ4v) is 9.30. The number of rotatable bonds is 12. The molecule has 4 aliphatic heterocycles. The van der Waals surface area contributed by atoms with Crippen molar-refractivity contribution in [2.75, 3.05) is 27.2 Å². The molecule has 4 atom stereocenters. The number of likely N-dealkylation sites (tertiary alicyclic amines) is 2. The number of amides is 6. The van der Waals surface area contributed by atoms with Crippen LogP contribution in [0.3, 0.4) is 0 Å². The Morgan fingerprint density at radius 2 is 1.29 bits per heavy atom. The van der Waals surface area contributed by atoms with E-state index in [0.717, 1.165) is 75.5 Å². The summed E-state index contributed by atoms with van der Waals surface area (Å²) in [6.07, 6.45) is 13.8. The first-order valence-corrected chi connectivity index (χ1v) is 22.0. The highest BCUT2D eigenvalue weighted by Gasteiger charge is 2.39. The number of urea groups is 2. The van der Waals surface area contributed by atoms with Gasteiger partial charge in [0, 0.05) is 60.6 Å². The average molecular weight is 877 g/mol. The Hall–Kier alpha value is -7.62. The van der Waals surface area contributed by atoms with Crippen LogP contribution in [0.5, 0.6) is 11.5 Å². The van der Waals surface area contributed by atoms with Crippen molar-refractivity contribution >= 4 is 23.9 Å². The molecule has 0 unspecified atom stereocenters. The van der Waals surface area contributed by atoms with Crippen molar-refractivity contribution in [3.05, 3.63) is 132 Å². The summed E-state index contributed by atoms with van der Waals surface area (Å²) >= 11 is 0. The van der Waals surface area contributed by atoms with Crippen molar-refractivity contribution in [1.29, 1.82) is 0 Å². The van der Waals surface area contributed by atoms with Crippen molar-refractivity contribution < 1.29 is 28.7 Å². The molecule has 6 N–H and O–H groups in total. The van der Waals surface area contributed by atoms with Crippen molar-refractivity contribution in [1.82, 2.24) is 51.0 Å². The Bertz CT molecular complexity index is 2670. The number of aromatic amines is 2. The van der Waals surface area contributed by atoms with E-state index in [1.807, 2.05) is 61.5 Å². The number of allylic oxidation sites excluding steroid dienone is 3. The summed E-state index contributed by atoms with van der Waals surface area (Å²) in [7, 11) is 3.03. The first-order chi connectivity index (χ1) is 31.6. The molecule has 4 aliphatic rings. The van der Waals surface area contributed by atoms with Crippen LogP contribution in [0.25, 0.3) is 33.6 Å². The highest BCUT2D eigenvalue weighted by molar-refractivity contribution is 5.91. The monoisotopic (exact) mass is 876 g/mol. The molecule has 6 heterocycles. The van der Waals surface area contributed by atoms with E-state index in [1.165, 1.54) is 14.1 Å². The van der Waals surface area contributed by atoms with Gasteiger partial charge in [0.1, 0.15) is 48.4 Å². The number of H-pyrrole nitrogens is 2. The normalized spacial score (nSPS) is 18.1. The summed E-state index contributed by atoms with van der Waals surface area (Å²) in [5.41, 5.74) is 8.47. The third kappa shape index (κ3) is 8.34. The second-order valence-corrected chi connectivity index (χ2v) is 16.5. The van der Waals surface area contributed by atoms with Crippen LogP contribution >= 0.6 is 0 Å². The molecule has 5 aromatic rings. The lowest BCUT2D eigenvalue weighted by atomic mass is 9.87. The number of hydrogen-bond donors (Lipinski definition) is 6. The molecule has 65 heavy (non-hydrogen) atoms. The number of carbonyl (C=O) groups excluding carboxylic acids is 4. The Balaban J connectivity index is 0.934. The largest absolute Gasteiger partial charge is 0.488 e. The zero-order valence-electron chi connectivity index (χ0n) is 36.6. The standard InChI is InChI=1S/C49H52N10O6/c1-5-6-8-13-28(2)42(56-48(62)50-3)46(60)58-18-11-16-36(58)44-52-24-34(54-44)30-20-32-26-65-39-23-31(21-33-27-64-38(22-30)40(32)41(33)39)35-25-53-45(55-35)37-17-12-19-59(37)47(61)43(57-49(63)51-4)29-14-9-7-10-15-29/h5-10,13-15,20-25,36-37,42-43H,2,11-12,16-19,26-27H2,1,3-4H3,(H,52,54)(H,53,55)(H2,50,56,62)(H2,51,57,63)/b6-5-,13-8-/t36-,37-,42+,43+/m0/s1. The molecule has 16 nitrogen and oxygen atoms in total. The second kappa shape index (κ2) is 18.2. The molecule has 2 fully saturated rings. The summed E-state index contributed by atoms with van der Waals surface area (Å²) in [6.45, 7) is 7.71. The topological polar surface area (TPSA) is 199 Å². The third-order valence-electron chi connectivity index (χ3n) is 12.5. The fourth-order valence-electron chi connectivity index (χ4n) is 9.30. The van der Waals surface area contributed by atoms with E-state index >= 15 is 0 Å². The van der Waals surface area contributed by atoms with E-state index in [-0.39, 0.29) is 23.9 Å². The first-order valence-electron chi connectivity index (χ1n) is 22.0. The lowest BCUT2D eigenvalue weighted by Crippen LogP contribution is -2.51. The maximum Gasteiger partial charge on any atom is 0.315 e. The molecule has 0 aliphatic carbocycles. The molecule has 2 aromatic heterocycles. The van der Waals surface area contributed by atoms with Gasteiger partial charge >= 0.3 is 12.1 Å². The molecular formula is C49H52N10O6. The number of aromatic nitrogens is 4. The van der Waals surface area contributed by atoms with Crippen LogP contribution in [0.2, 0.25) is 0 Å². The highest BCUT2D eigenvalue weighted by Crippen LogP contribution is 2.51. The minimum Gasteiger partial charge on any atom is -0.488 e. The van der Waals surface area contributed by atoms with Crippen molar-refractivity contribution in [3.8, 4) is 45.1 Å². The van der Waals surface area contributed by atoms with Crippen LogP contribution in [0.4, 0.5) is 9.59 Å². The lowest BCUT2D eigenvalue weighted by molar-refractivity contribution is -0.134. The van der Waals surface area contributed by atoms with Gasteiger partial charge in [0.2, 0.25) is 11.8 Å². The van der Waals surface area contributed by atoms with E-state index in [1.54, 1.807) is 34.3 Å². The van der Waals surface area contributed by atoms with Crippen molar-refractivity contribution in [3.63, 3.8) is 0 Å². The maximum atomic E-state index is 14.1. The zero-order chi connectivity index (χ0) is 45.2. The number of ether oxygens (including phenoxy) is 2. The summed E-state index contributed by atoms with van der Waals surface area (Å²) in [5.74, 6) is 2.39. The molecule has 16 heteroatoms. The minimum atomic E-state index is -0.946. The SMILES string of the molecule is C=C(/C=C\C=C/C)[C@@H](NC(=O)NC)C(=O)N1CCC[C@H]1c1ncc(-c2cc3c4c(c2)OCc2cc(-c5cnc([C@@H]6CCCN6C(=O)[C@H](NC(=O)NC)c6ccccc6)[nH]5)cc(c2-4)OC3)[nH]1. The third-order valence-corrected chi connectivity index (χ3v) is 12.5. The molecule has 3 aromatic carbocycles. The first kappa shape index (κ1) is 42.7. The molecule has 6 amide bonds. The number of imidazole rings is 2. The molecule has 0 radical (unpaired) electrons. The molecule has 2 saturated heterocycles. The van der Waals surface area contributed by atoms with Gasteiger partial charge in [-0.25, -0.2) is 19.6 Å². The van der Waals surface area contributed by atoms with Crippen LogP contribution in [0.1, 0.15) is 79.1 Å². The average Bonchev–Trinajstić information content (AvgIpc) is 4.19. The Kier molecular flexibility index (Phi) is 12.0. The van der Waals surface area contributed by atoms with E-state index in [2.05, 4.69) is 49.9 Å². The number of nitrogens with one attached hydrogen (secondary N) is 6. The fraction of sp³-hybridized carbons (Fsp3) is 0.306. The van der Waals surface area contributed by atoms with Crippen molar-refractivity contribution in [2.24, 2.45) is 0 Å². The van der Waals surface area contributed by atoms with Crippen LogP contribution in [-0.2, 0) is 22.8 Å². The predicted molar refractivity (Wildman–Crippen MR) is 244 cm³/mol.